The fourth-order valence-corrected chi connectivity index (χ4v) is 2.26. The molecule has 1 heterocycles. The highest BCUT2D eigenvalue weighted by Gasteiger charge is 2.06. The standard InChI is InChI=1S/C16H22N2O/c1-17-9-7-16(13-17)14-18(11-12-19)10-8-15-5-3-2-4-6-15/h2-7,9,13,19H,8,10-12,14H2,1H3. The van der Waals surface area contributed by atoms with Crippen LogP contribution in [0.3, 0.4) is 0 Å². The van der Waals surface area contributed by atoms with Crippen LogP contribution in [0.1, 0.15) is 11.1 Å². The number of nitrogens with zero attached hydrogens (tertiary/aromatic N) is 2. The number of hydrogen-bond donors (Lipinski definition) is 1. The number of benzene rings is 1. The minimum absolute atomic E-state index is 0.210. The largest absolute Gasteiger partial charge is 0.395 e. The van der Waals surface area contributed by atoms with Crippen LogP contribution in [0.2, 0.25) is 0 Å². The molecule has 1 aromatic heterocycles. The summed E-state index contributed by atoms with van der Waals surface area (Å²) >= 11 is 0. The monoisotopic (exact) mass is 258 g/mol. The lowest BCUT2D eigenvalue weighted by Crippen LogP contribution is -2.28. The van der Waals surface area contributed by atoms with Crippen molar-refractivity contribution in [3.05, 3.63) is 59.9 Å². The van der Waals surface area contributed by atoms with Gasteiger partial charge >= 0.3 is 0 Å². The zero-order chi connectivity index (χ0) is 13.5. The maximum atomic E-state index is 9.17. The van der Waals surface area contributed by atoms with Crippen molar-refractivity contribution in [2.75, 3.05) is 19.7 Å². The average molecular weight is 258 g/mol. The first-order chi connectivity index (χ1) is 9.28. The zero-order valence-electron chi connectivity index (χ0n) is 11.5. The number of rotatable bonds is 7. The first-order valence-corrected chi connectivity index (χ1v) is 6.76. The van der Waals surface area contributed by atoms with Gasteiger partial charge in [-0.1, -0.05) is 30.3 Å². The second-order valence-corrected chi connectivity index (χ2v) is 4.92. The molecule has 3 heteroatoms. The van der Waals surface area contributed by atoms with E-state index in [9.17, 15) is 5.11 Å². The lowest BCUT2D eigenvalue weighted by molar-refractivity contribution is 0.191. The van der Waals surface area contributed by atoms with E-state index in [1.807, 2.05) is 13.1 Å². The summed E-state index contributed by atoms with van der Waals surface area (Å²) in [6.07, 6.45) is 5.21. The Balaban J connectivity index is 1.89. The number of aromatic nitrogens is 1. The van der Waals surface area contributed by atoms with Gasteiger partial charge in [0.15, 0.2) is 0 Å². The predicted octanol–water partition coefficient (Wildman–Crippen LogP) is 2.06. The van der Waals surface area contributed by atoms with Crippen LogP contribution in [-0.2, 0) is 20.0 Å². The van der Waals surface area contributed by atoms with E-state index < -0.39 is 0 Å². The number of aryl methyl sites for hydroxylation is 1. The first kappa shape index (κ1) is 13.8. The van der Waals surface area contributed by atoms with Crippen LogP contribution in [0.15, 0.2) is 48.8 Å². The molecule has 0 aliphatic carbocycles. The average Bonchev–Trinajstić information content (AvgIpc) is 2.83. The van der Waals surface area contributed by atoms with Gasteiger partial charge < -0.3 is 9.67 Å². The second-order valence-electron chi connectivity index (χ2n) is 4.92. The highest BCUT2D eigenvalue weighted by molar-refractivity contribution is 5.15. The molecule has 0 saturated heterocycles. The van der Waals surface area contributed by atoms with Crippen molar-refractivity contribution in [2.45, 2.75) is 13.0 Å². The molecular formula is C16H22N2O. The molecule has 0 fully saturated rings. The Morgan fingerprint density at radius 3 is 2.47 bits per heavy atom. The molecule has 0 spiro atoms. The van der Waals surface area contributed by atoms with Crippen molar-refractivity contribution in [2.24, 2.45) is 7.05 Å². The van der Waals surface area contributed by atoms with Crippen molar-refractivity contribution in [1.82, 2.24) is 9.47 Å². The normalized spacial score (nSPS) is 11.1. The third-order valence-corrected chi connectivity index (χ3v) is 3.28. The maximum Gasteiger partial charge on any atom is 0.0558 e. The highest BCUT2D eigenvalue weighted by Crippen LogP contribution is 2.07. The SMILES string of the molecule is Cn1ccc(CN(CCO)CCc2ccccc2)c1. The van der Waals surface area contributed by atoms with Crippen molar-refractivity contribution < 1.29 is 5.11 Å². The topological polar surface area (TPSA) is 28.4 Å². The molecule has 0 bridgehead atoms. The molecule has 1 aromatic carbocycles. The molecule has 2 rings (SSSR count). The van der Waals surface area contributed by atoms with Crippen LogP contribution < -0.4 is 0 Å². The number of aliphatic hydroxyl groups is 1. The second kappa shape index (κ2) is 7.12. The third-order valence-electron chi connectivity index (χ3n) is 3.28. The minimum atomic E-state index is 0.210. The first-order valence-electron chi connectivity index (χ1n) is 6.76. The highest BCUT2D eigenvalue weighted by atomic mass is 16.3. The van der Waals surface area contributed by atoms with Crippen LogP contribution in [-0.4, -0.2) is 34.3 Å². The summed E-state index contributed by atoms with van der Waals surface area (Å²) in [5, 5.41) is 9.17. The van der Waals surface area contributed by atoms with E-state index in [-0.39, 0.29) is 6.61 Å². The summed E-state index contributed by atoms with van der Waals surface area (Å²) in [7, 11) is 2.03. The van der Waals surface area contributed by atoms with Crippen molar-refractivity contribution in [3.8, 4) is 0 Å². The smallest absolute Gasteiger partial charge is 0.0558 e. The summed E-state index contributed by atoms with van der Waals surface area (Å²) in [4.78, 5) is 2.29. The quantitative estimate of drug-likeness (QED) is 0.823. The summed E-state index contributed by atoms with van der Waals surface area (Å²) in [6.45, 7) is 2.80. The summed E-state index contributed by atoms with van der Waals surface area (Å²) in [5.74, 6) is 0. The summed E-state index contributed by atoms with van der Waals surface area (Å²) < 4.78 is 2.06. The Bertz CT molecular complexity index is 479. The van der Waals surface area contributed by atoms with Crippen molar-refractivity contribution in [1.29, 1.82) is 0 Å². The van der Waals surface area contributed by atoms with Gasteiger partial charge in [-0.2, -0.15) is 0 Å². The minimum Gasteiger partial charge on any atom is -0.395 e. The van der Waals surface area contributed by atoms with Crippen molar-refractivity contribution >= 4 is 0 Å². The molecule has 0 saturated carbocycles. The van der Waals surface area contributed by atoms with Gasteiger partial charge in [0.25, 0.3) is 0 Å². The number of hydrogen-bond acceptors (Lipinski definition) is 2. The molecule has 2 aromatic rings. The van der Waals surface area contributed by atoms with E-state index in [4.69, 9.17) is 0 Å². The molecule has 19 heavy (non-hydrogen) atoms. The van der Waals surface area contributed by atoms with E-state index in [1.54, 1.807) is 0 Å². The molecule has 0 aliphatic rings. The summed E-state index contributed by atoms with van der Waals surface area (Å²) in [5.41, 5.74) is 2.64. The molecule has 0 amide bonds. The van der Waals surface area contributed by atoms with Gasteiger partial charge in [-0.15, -0.1) is 0 Å². The lowest BCUT2D eigenvalue weighted by Gasteiger charge is -2.20. The van der Waals surface area contributed by atoms with Gasteiger partial charge in [-0.05, 0) is 23.6 Å². The fourth-order valence-electron chi connectivity index (χ4n) is 2.26. The van der Waals surface area contributed by atoms with E-state index in [0.717, 1.165) is 26.1 Å². The van der Waals surface area contributed by atoms with Gasteiger partial charge in [0.2, 0.25) is 0 Å². The van der Waals surface area contributed by atoms with Gasteiger partial charge in [0, 0.05) is 39.1 Å². The van der Waals surface area contributed by atoms with Crippen LogP contribution in [0.4, 0.5) is 0 Å². The van der Waals surface area contributed by atoms with Crippen LogP contribution in [0.5, 0.6) is 0 Å². The Morgan fingerprint density at radius 2 is 1.84 bits per heavy atom. The maximum absolute atomic E-state index is 9.17. The van der Waals surface area contributed by atoms with Gasteiger partial charge in [-0.3, -0.25) is 4.90 Å². The summed E-state index contributed by atoms with van der Waals surface area (Å²) in [6, 6.07) is 12.6. The van der Waals surface area contributed by atoms with Gasteiger partial charge in [-0.25, -0.2) is 0 Å². The molecule has 0 unspecified atom stereocenters. The van der Waals surface area contributed by atoms with Crippen molar-refractivity contribution in [3.63, 3.8) is 0 Å². The number of aliphatic hydroxyl groups excluding tert-OH is 1. The van der Waals surface area contributed by atoms with E-state index >= 15 is 0 Å². The zero-order valence-corrected chi connectivity index (χ0v) is 11.5. The molecule has 102 valence electrons. The fraction of sp³-hybridized carbons (Fsp3) is 0.375. The molecule has 0 atom stereocenters. The van der Waals surface area contributed by atoms with Gasteiger partial charge in [0.05, 0.1) is 6.61 Å². The van der Waals surface area contributed by atoms with E-state index in [1.165, 1.54) is 11.1 Å². The Hall–Kier alpha value is -1.58. The van der Waals surface area contributed by atoms with E-state index in [0.29, 0.717) is 0 Å². The van der Waals surface area contributed by atoms with Crippen LogP contribution in [0.25, 0.3) is 0 Å². The Kier molecular flexibility index (Phi) is 5.19. The molecule has 0 aliphatic heterocycles. The molecule has 3 nitrogen and oxygen atoms in total. The van der Waals surface area contributed by atoms with Crippen LogP contribution in [0, 0.1) is 0 Å². The molecular weight excluding hydrogens is 236 g/mol. The molecule has 0 radical (unpaired) electrons. The van der Waals surface area contributed by atoms with Crippen LogP contribution >= 0.6 is 0 Å². The third kappa shape index (κ3) is 4.54. The van der Waals surface area contributed by atoms with Gasteiger partial charge in [0.1, 0.15) is 0 Å². The Morgan fingerprint density at radius 1 is 1.05 bits per heavy atom. The molecule has 1 N–H and O–H groups in total. The predicted molar refractivity (Wildman–Crippen MR) is 77.9 cm³/mol. The lowest BCUT2D eigenvalue weighted by atomic mass is 10.1. The Labute approximate surface area is 115 Å². The van der Waals surface area contributed by atoms with E-state index in [2.05, 4.69) is 52.2 Å².